The van der Waals surface area contributed by atoms with E-state index < -0.39 is 0 Å². The maximum absolute atomic E-state index is 12.7. The monoisotopic (exact) mass is 862 g/mol. The van der Waals surface area contributed by atoms with Crippen LogP contribution in [0.15, 0.2) is 73.6 Å². The second-order valence-corrected chi connectivity index (χ2v) is 17.5. The van der Waals surface area contributed by atoms with Crippen LogP contribution in [0.4, 0.5) is 23.3 Å². The van der Waals surface area contributed by atoms with Crippen LogP contribution in [-0.4, -0.2) is 75.7 Å². The van der Waals surface area contributed by atoms with E-state index in [1.54, 1.807) is 49.3 Å². The number of fused-ring (bicyclic) bond motifs is 2. The molecule has 0 unspecified atom stereocenters. The summed E-state index contributed by atoms with van der Waals surface area (Å²) in [5, 5.41) is 27.5. The number of carbonyl (C=O) groups excluding carboxylic acids is 4. The number of nitrogens with two attached hydrogens (primary N) is 2. The van der Waals surface area contributed by atoms with Gasteiger partial charge in [0.25, 0.3) is 0 Å². The molecule has 0 bridgehead atoms. The molecule has 64 heavy (non-hydrogen) atoms. The van der Waals surface area contributed by atoms with Crippen molar-refractivity contribution < 1.29 is 29.4 Å². The summed E-state index contributed by atoms with van der Waals surface area (Å²) in [4.78, 5) is 76.3. The first-order chi connectivity index (χ1) is 30.9. The number of aromatic nitrogens is 6. The molecule has 2 amide bonds. The van der Waals surface area contributed by atoms with Gasteiger partial charge in [0.1, 0.15) is 34.8 Å². The molecule has 16 nitrogen and oxygen atoms in total. The molecule has 4 saturated carbocycles. The van der Waals surface area contributed by atoms with Crippen molar-refractivity contribution in [2.75, 3.05) is 22.1 Å². The van der Waals surface area contributed by atoms with E-state index in [0.29, 0.717) is 72.6 Å². The molecule has 0 radical (unpaired) electrons. The molecule has 4 fully saturated rings. The second kappa shape index (κ2) is 17.4. The van der Waals surface area contributed by atoms with E-state index in [9.17, 15) is 29.4 Å². The molecular weight excluding hydrogens is 813 g/mol. The number of aliphatic hydroxyl groups is 2. The lowest BCUT2D eigenvalue weighted by molar-refractivity contribution is -0.132. The van der Waals surface area contributed by atoms with Crippen molar-refractivity contribution >= 4 is 68.2 Å². The van der Waals surface area contributed by atoms with Gasteiger partial charge in [0, 0.05) is 94.6 Å². The molecule has 0 spiro atoms. The van der Waals surface area contributed by atoms with Gasteiger partial charge < -0.3 is 32.3 Å². The summed E-state index contributed by atoms with van der Waals surface area (Å²) < 4.78 is 0. The number of nitrogens with zero attached hydrogens (tertiary/aromatic N) is 6. The normalized spacial score (nSPS) is 24.1. The Balaban J connectivity index is 0.000000162. The number of aliphatic hydroxyl groups excluding tert-OH is 2. The highest BCUT2D eigenvalue weighted by Crippen LogP contribution is 2.46. The van der Waals surface area contributed by atoms with Crippen LogP contribution in [0.2, 0.25) is 0 Å². The average Bonchev–Trinajstić information content (AvgIpc) is 4.22. The highest BCUT2D eigenvalue weighted by Gasteiger charge is 2.52. The minimum Gasteiger partial charge on any atom is -0.393 e. The third-order valence-electron chi connectivity index (χ3n) is 13.1. The molecule has 4 aliphatic carbocycles. The van der Waals surface area contributed by atoms with Gasteiger partial charge in [-0.3, -0.25) is 29.1 Å². The number of nitrogen functional groups attached to an aromatic ring is 2. The Kier molecular flexibility index (Phi) is 11.6. The SMILES string of the molecule is CCc1ccncc1-c1cc2cc(NC(=O)[C@@H]3C[C@H]3C(=O)C3CC(O)C3)ncc2c(N)n1.CCc1ccncc1-c1cc2cc(NC(=O)[C@H]3C[C@@H]3C(=O)C3CC(O)C3)ncc2c(N)n1. The van der Waals surface area contributed by atoms with E-state index in [2.05, 4.69) is 54.4 Å². The van der Waals surface area contributed by atoms with Crippen LogP contribution in [0.1, 0.15) is 63.5 Å². The molecule has 0 aliphatic heterocycles. The lowest BCUT2D eigenvalue weighted by Gasteiger charge is -2.30. The molecule has 6 aromatic rings. The summed E-state index contributed by atoms with van der Waals surface area (Å²) in [6.45, 7) is 4.15. The molecule has 6 heterocycles. The predicted molar refractivity (Wildman–Crippen MR) is 241 cm³/mol. The van der Waals surface area contributed by atoms with E-state index >= 15 is 0 Å². The lowest BCUT2D eigenvalue weighted by Crippen LogP contribution is -2.35. The van der Waals surface area contributed by atoms with E-state index in [1.165, 1.54) is 0 Å². The Labute approximate surface area is 368 Å². The second-order valence-electron chi connectivity index (χ2n) is 17.5. The fraction of sp³-hybridized carbons (Fsp3) is 0.375. The van der Waals surface area contributed by atoms with Crippen molar-refractivity contribution in [3.05, 3.63) is 84.7 Å². The topological polar surface area (TPSA) is 262 Å². The quantitative estimate of drug-likeness (QED) is 0.0888. The number of amides is 2. The highest BCUT2D eigenvalue weighted by atomic mass is 16.3. The summed E-state index contributed by atoms with van der Waals surface area (Å²) in [5.74, 6) is 0.0660. The predicted octanol–water partition coefficient (Wildman–Crippen LogP) is 5.50. The van der Waals surface area contributed by atoms with E-state index in [-0.39, 0.29) is 71.1 Å². The minimum atomic E-state index is -0.372. The van der Waals surface area contributed by atoms with Crippen molar-refractivity contribution in [2.45, 2.75) is 77.4 Å². The van der Waals surface area contributed by atoms with Crippen LogP contribution < -0.4 is 22.1 Å². The van der Waals surface area contributed by atoms with Crippen LogP contribution >= 0.6 is 0 Å². The third kappa shape index (κ3) is 8.62. The van der Waals surface area contributed by atoms with Gasteiger partial charge in [-0.2, -0.15) is 0 Å². The summed E-state index contributed by atoms with van der Waals surface area (Å²) in [6, 6.07) is 11.3. The van der Waals surface area contributed by atoms with Gasteiger partial charge in [0.2, 0.25) is 11.8 Å². The Morgan fingerprint density at radius 1 is 0.594 bits per heavy atom. The number of carbonyl (C=O) groups is 4. The molecule has 328 valence electrons. The largest absolute Gasteiger partial charge is 0.393 e. The maximum atomic E-state index is 12.7. The number of Topliss-reactive ketones (excluding diaryl/α,β-unsaturated/α-hetero) is 2. The van der Waals surface area contributed by atoms with Gasteiger partial charge in [-0.25, -0.2) is 19.9 Å². The molecule has 0 saturated heterocycles. The van der Waals surface area contributed by atoms with Crippen LogP contribution in [0, 0.1) is 35.5 Å². The van der Waals surface area contributed by atoms with Crippen LogP contribution in [0.25, 0.3) is 44.1 Å². The first kappa shape index (κ1) is 42.5. The zero-order valence-corrected chi connectivity index (χ0v) is 35.6. The van der Waals surface area contributed by atoms with Gasteiger partial charge in [-0.15, -0.1) is 0 Å². The Morgan fingerprint density at radius 2 is 1.00 bits per heavy atom. The van der Waals surface area contributed by atoms with E-state index in [1.807, 2.05) is 24.3 Å². The summed E-state index contributed by atoms with van der Waals surface area (Å²) >= 11 is 0. The van der Waals surface area contributed by atoms with Crippen LogP contribution in [0.3, 0.4) is 0 Å². The number of nitrogens with one attached hydrogen (secondary N) is 2. The smallest absolute Gasteiger partial charge is 0.229 e. The number of hydrogen-bond acceptors (Lipinski definition) is 14. The summed E-state index contributed by atoms with van der Waals surface area (Å²) in [7, 11) is 0. The van der Waals surface area contributed by atoms with Gasteiger partial charge in [0.05, 0.1) is 23.6 Å². The molecular formula is C48H50N10O6. The fourth-order valence-corrected chi connectivity index (χ4v) is 8.97. The molecule has 0 aromatic carbocycles. The highest BCUT2D eigenvalue weighted by molar-refractivity contribution is 6.03. The van der Waals surface area contributed by atoms with Crippen molar-refractivity contribution in [2.24, 2.45) is 35.5 Å². The third-order valence-corrected chi connectivity index (χ3v) is 13.1. The Bertz CT molecular complexity index is 2630. The van der Waals surface area contributed by atoms with Gasteiger partial charge >= 0.3 is 0 Å². The minimum absolute atomic E-state index is 0.0963. The zero-order valence-electron chi connectivity index (χ0n) is 35.6. The molecule has 4 aliphatic rings. The number of rotatable bonds is 12. The van der Waals surface area contributed by atoms with Gasteiger partial charge in [-0.05, 0) is 110 Å². The molecule has 8 N–H and O–H groups in total. The van der Waals surface area contributed by atoms with Crippen molar-refractivity contribution in [1.29, 1.82) is 0 Å². The lowest BCUT2D eigenvalue weighted by atomic mass is 9.78. The number of aryl methyl sites for hydroxylation is 2. The maximum Gasteiger partial charge on any atom is 0.229 e. The summed E-state index contributed by atoms with van der Waals surface area (Å²) in [6.07, 6.45) is 14.4. The first-order valence-electron chi connectivity index (χ1n) is 21.9. The van der Waals surface area contributed by atoms with Crippen molar-refractivity contribution in [3.8, 4) is 22.5 Å². The van der Waals surface area contributed by atoms with E-state index in [0.717, 1.165) is 57.3 Å². The standard InChI is InChI=1S/2C24H25N5O3/c2*1-2-12-3-4-26-10-18(12)20-7-13-8-21(27-11-19(13)23(25)28-20)29-24(32)17-9-16(17)22(31)14-5-15(30)6-14/h2*3-4,7-8,10-11,14-17,30H,2,5-6,9H2,1H3,(H2,25,28)(H,27,29,32)/t2*14?,15?,16-,17-/m10/s1. The number of anilines is 4. The fourth-order valence-electron chi connectivity index (χ4n) is 8.97. The van der Waals surface area contributed by atoms with E-state index in [4.69, 9.17) is 11.5 Å². The molecule has 10 rings (SSSR count). The Morgan fingerprint density at radius 3 is 1.38 bits per heavy atom. The zero-order chi connectivity index (χ0) is 44.8. The number of ketones is 2. The van der Waals surface area contributed by atoms with Crippen LogP contribution in [0.5, 0.6) is 0 Å². The molecule has 16 heteroatoms. The number of pyridine rings is 6. The molecule has 4 atom stereocenters. The van der Waals surface area contributed by atoms with Crippen LogP contribution in [-0.2, 0) is 32.0 Å². The summed E-state index contributed by atoms with van der Waals surface area (Å²) in [5.41, 5.74) is 17.9. The van der Waals surface area contributed by atoms with Crippen molar-refractivity contribution in [1.82, 2.24) is 29.9 Å². The average molecular weight is 863 g/mol. The van der Waals surface area contributed by atoms with Gasteiger partial charge in [0.15, 0.2) is 0 Å². The van der Waals surface area contributed by atoms with Gasteiger partial charge in [-0.1, -0.05) is 13.8 Å². The first-order valence-corrected chi connectivity index (χ1v) is 21.9. The van der Waals surface area contributed by atoms with Crippen molar-refractivity contribution in [3.63, 3.8) is 0 Å². The number of hydrogen-bond donors (Lipinski definition) is 6. The Hall–Kier alpha value is -6.78. The molecule has 6 aromatic heterocycles.